The maximum Gasteiger partial charge on any atom is 0.246 e. The summed E-state index contributed by atoms with van der Waals surface area (Å²) in [4.78, 5) is 106. The summed E-state index contributed by atoms with van der Waals surface area (Å²) in [6.07, 6.45) is 1.14. The molecule has 0 radical (unpaired) electrons. The Morgan fingerprint density at radius 2 is 1.13 bits per heavy atom. The molecule has 17 nitrogen and oxygen atoms in total. The van der Waals surface area contributed by atoms with E-state index >= 15 is 4.79 Å². The first kappa shape index (κ1) is 54.6. The Kier molecular flexibility index (Phi) is 19.4. The molecule has 7 amide bonds. The fraction of sp³-hybridized carbons (Fsp3) is 0.328. The van der Waals surface area contributed by atoms with E-state index in [1.807, 2.05) is 78.9 Å². The number of benzene rings is 5. The Balaban J connectivity index is 1.24. The van der Waals surface area contributed by atoms with Crippen molar-refractivity contribution in [3.63, 3.8) is 0 Å². The minimum Gasteiger partial charge on any atom is -0.391 e. The lowest BCUT2D eigenvalue weighted by Crippen LogP contribution is -2.62. The lowest BCUT2D eigenvalue weighted by atomic mass is 10.00. The molecule has 1 fully saturated rings. The summed E-state index contributed by atoms with van der Waals surface area (Å²) >= 11 is 0. The van der Waals surface area contributed by atoms with Gasteiger partial charge < -0.3 is 52.6 Å². The first-order valence-electron chi connectivity index (χ1n) is 25.5. The van der Waals surface area contributed by atoms with E-state index in [4.69, 9.17) is 5.73 Å². The van der Waals surface area contributed by atoms with E-state index in [9.17, 15) is 33.9 Å². The summed E-state index contributed by atoms with van der Waals surface area (Å²) in [5.41, 5.74) is 10.7. The van der Waals surface area contributed by atoms with Crippen LogP contribution >= 0.6 is 0 Å². The zero-order valence-electron chi connectivity index (χ0n) is 42.2. The van der Waals surface area contributed by atoms with Crippen LogP contribution in [0.15, 0.2) is 152 Å². The van der Waals surface area contributed by atoms with Crippen molar-refractivity contribution >= 4 is 52.3 Å². The quantitative estimate of drug-likeness (QED) is 0.0606. The normalized spacial score (nSPS) is 20.5. The third-order valence-corrected chi connectivity index (χ3v) is 13.5. The van der Waals surface area contributed by atoms with Gasteiger partial charge in [0.05, 0.1) is 18.2 Å². The number of nitrogens with two attached hydrogens (primary N) is 1. The standard InChI is InChI=1S/C58H67N9O8/c1-37(42-25-13-6-14-26-42)67-36-51(69)62-48(32-40-21-9-4-10-22-40)55(72)64-49(34-43-35-61-46-28-16-15-27-44(43)46)56(73)63-47(29-17-18-30-60-53(70)45(59)31-39-19-7-3-8-20-39)54(71)66-52(38(2)68)57(74)65-50(58(67)75)33-41-23-11-5-12-24-41/h3-16,19-28,35,37-38,45,47-50,52,61,68H,17-18,29-34,36,59H2,1-2H3,(H,60,70)(H,62,69)(H,63,73)(H,64,72)(H,65,74)(H,66,71)/t37-,38-,45+,47+,48+,49-,50+,52+/m1/s1. The Hall–Kier alpha value is -8.15. The molecule has 2 heterocycles. The lowest BCUT2D eigenvalue weighted by Gasteiger charge is -2.34. The van der Waals surface area contributed by atoms with Gasteiger partial charge in [-0.1, -0.05) is 140 Å². The number of aliphatic hydroxyl groups excluding tert-OH is 1. The highest BCUT2D eigenvalue weighted by Crippen LogP contribution is 2.23. The van der Waals surface area contributed by atoms with Crippen molar-refractivity contribution in [1.29, 1.82) is 0 Å². The number of hydrogen-bond acceptors (Lipinski definition) is 9. The van der Waals surface area contributed by atoms with E-state index in [1.165, 1.54) is 11.8 Å². The van der Waals surface area contributed by atoms with Crippen LogP contribution in [0.5, 0.6) is 0 Å². The molecule has 0 bridgehead atoms. The summed E-state index contributed by atoms with van der Waals surface area (Å²) in [6, 6.07) is 35.4. The van der Waals surface area contributed by atoms with Gasteiger partial charge in [-0.25, -0.2) is 0 Å². The zero-order chi connectivity index (χ0) is 53.3. The second kappa shape index (κ2) is 26.7. The van der Waals surface area contributed by atoms with Crippen LogP contribution < -0.4 is 37.6 Å². The molecule has 1 aliphatic rings. The molecule has 1 saturated heterocycles. The smallest absolute Gasteiger partial charge is 0.246 e. The van der Waals surface area contributed by atoms with Crippen LogP contribution in [0.1, 0.15) is 67.0 Å². The van der Waals surface area contributed by atoms with Crippen molar-refractivity contribution in [3.8, 4) is 0 Å². The average Bonchev–Trinajstić information content (AvgIpc) is 3.83. The van der Waals surface area contributed by atoms with Gasteiger partial charge in [-0.2, -0.15) is 0 Å². The topological polar surface area (TPSA) is 257 Å². The second-order valence-electron chi connectivity index (χ2n) is 19.1. The summed E-state index contributed by atoms with van der Waals surface area (Å²) in [6.45, 7) is 2.73. The molecule has 0 saturated carbocycles. The molecule has 1 aromatic heterocycles. The van der Waals surface area contributed by atoms with Crippen molar-refractivity contribution in [2.24, 2.45) is 5.73 Å². The Morgan fingerprint density at radius 1 is 0.613 bits per heavy atom. The fourth-order valence-electron chi connectivity index (χ4n) is 9.26. The number of aliphatic hydroxyl groups is 1. The van der Waals surface area contributed by atoms with Gasteiger partial charge in [-0.05, 0) is 73.4 Å². The van der Waals surface area contributed by atoms with Crippen molar-refractivity contribution in [2.75, 3.05) is 13.1 Å². The molecule has 6 aromatic rings. The van der Waals surface area contributed by atoms with E-state index in [2.05, 4.69) is 36.9 Å². The number of rotatable bonds is 17. The molecule has 10 N–H and O–H groups in total. The number of aromatic nitrogens is 1. The van der Waals surface area contributed by atoms with Gasteiger partial charge in [0.15, 0.2) is 0 Å². The maximum atomic E-state index is 15.2. The summed E-state index contributed by atoms with van der Waals surface area (Å²) in [5.74, 6) is -4.84. The molecule has 7 rings (SSSR count). The van der Waals surface area contributed by atoms with Gasteiger partial charge >= 0.3 is 0 Å². The van der Waals surface area contributed by atoms with Crippen LogP contribution in [0.2, 0.25) is 0 Å². The summed E-state index contributed by atoms with van der Waals surface area (Å²) in [7, 11) is 0. The van der Waals surface area contributed by atoms with Crippen LogP contribution in [0.4, 0.5) is 0 Å². The van der Waals surface area contributed by atoms with Crippen LogP contribution in [0, 0.1) is 0 Å². The molecule has 5 aromatic carbocycles. The predicted molar refractivity (Wildman–Crippen MR) is 285 cm³/mol. The molecule has 0 aliphatic carbocycles. The van der Waals surface area contributed by atoms with Gasteiger partial charge in [0.2, 0.25) is 41.4 Å². The number of amides is 7. The highest BCUT2D eigenvalue weighted by Gasteiger charge is 2.38. The largest absolute Gasteiger partial charge is 0.391 e. The van der Waals surface area contributed by atoms with Crippen molar-refractivity contribution < 1.29 is 38.7 Å². The molecular weight excluding hydrogens is 951 g/mol. The number of carbonyl (C=O) groups excluding carboxylic acids is 7. The monoisotopic (exact) mass is 1020 g/mol. The minimum absolute atomic E-state index is 0.000441. The van der Waals surface area contributed by atoms with Crippen molar-refractivity contribution in [1.82, 2.24) is 41.8 Å². The number of hydrogen-bond donors (Lipinski definition) is 9. The molecular formula is C58H67N9O8. The van der Waals surface area contributed by atoms with E-state index in [1.54, 1.807) is 79.9 Å². The van der Waals surface area contributed by atoms with Crippen molar-refractivity contribution in [2.45, 2.75) is 107 Å². The van der Waals surface area contributed by atoms with Gasteiger partial charge in [-0.3, -0.25) is 33.6 Å². The highest BCUT2D eigenvalue weighted by molar-refractivity contribution is 5.98. The molecule has 0 spiro atoms. The van der Waals surface area contributed by atoms with Crippen LogP contribution in [0.25, 0.3) is 10.9 Å². The Morgan fingerprint density at radius 3 is 1.76 bits per heavy atom. The SMILES string of the molecule is C[C@H](c1ccccc1)N1CC(=O)N[C@@H](Cc2ccccc2)C(=O)N[C@H](Cc2c[nH]c3ccccc23)C(=O)N[C@@H](CCCCNC(=O)[C@@H](N)Cc2ccccc2)C(=O)N[C@@H]([C@@H](C)O)C(=O)N[C@@H](Cc2ccccc2)C1=O. The van der Waals surface area contributed by atoms with E-state index in [0.717, 1.165) is 16.5 Å². The number of nitrogens with zero attached hydrogens (tertiary/aromatic N) is 1. The predicted octanol–water partition coefficient (Wildman–Crippen LogP) is 3.46. The molecule has 17 heteroatoms. The van der Waals surface area contributed by atoms with Crippen LogP contribution in [0.3, 0.4) is 0 Å². The number of H-pyrrole nitrogens is 1. The number of nitrogens with one attached hydrogen (secondary N) is 7. The maximum absolute atomic E-state index is 15.2. The number of unbranched alkanes of at least 4 members (excludes halogenated alkanes) is 1. The van der Waals surface area contributed by atoms with Gasteiger partial charge in [0, 0.05) is 42.9 Å². The van der Waals surface area contributed by atoms with Crippen LogP contribution in [-0.4, -0.2) is 112 Å². The minimum atomic E-state index is -1.63. The Labute approximate surface area is 436 Å². The van der Waals surface area contributed by atoms with E-state index < -0.39 is 90.4 Å². The van der Waals surface area contributed by atoms with Gasteiger partial charge in [0.25, 0.3) is 0 Å². The van der Waals surface area contributed by atoms with Gasteiger partial charge in [0.1, 0.15) is 36.8 Å². The number of aromatic amines is 1. The molecule has 1 aliphatic heterocycles. The molecule has 8 atom stereocenters. The fourth-order valence-corrected chi connectivity index (χ4v) is 9.26. The third kappa shape index (κ3) is 15.4. The molecule has 75 heavy (non-hydrogen) atoms. The molecule has 392 valence electrons. The first-order chi connectivity index (χ1) is 36.2. The first-order valence-corrected chi connectivity index (χ1v) is 25.5. The Bertz CT molecular complexity index is 2870. The number of carbonyl (C=O) groups is 7. The number of para-hydroxylation sites is 1. The zero-order valence-corrected chi connectivity index (χ0v) is 42.2. The highest BCUT2D eigenvalue weighted by atomic mass is 16.3. The lowest BCUT2D eigenvalue weighted by molar-refractivity contribution is -0.143. The van der Waals surface area contributed by atoms with Crippen LogP contribution in [-0.2, 0) is 59.2 Å². The average molecular weight is 1020 g/mol. The summed E-state index contributed by atoms with van der Waals surface area (Å²) < 4.78 is 0. The van der Waals surface area contributed by atoms with E-state index in [-0.39, 0.29) is 44.6 Å². The number of fused-ring (bicyclic) bond motifs is 1. The third-order valence-electron chi connectivity index (χ3n) is 13.5. The van der Waals surface area contributed by atoms with Crippen molar-refractivity contribution in [3.05, 3.63) is 180 Å². The van der Waals surface area contributed by atoms with Gasteiger partial charge in [-0.15, -0.1) is 0 Å². The molecule has 0 unspecified atom stereocenters. The summed E-state index contributed by atoms with van der Waals surface area (Å²) in [5, 5.41) is 28.9. The second-order valence-corrected chi connectivity index (χ2v) is 19.1. The van der Waals surface area contributed by atoms with E-state index in [0.29, 0.717) is 35.1 Å².